The highest BCUT2D eigenvalue weighted by Crippen LogP contribution is 2.46. The Hall–Kier alpha value is -7.24. The van der Waals surface area contributed by atoms with Gasteiger partial charge in [-0.3, -0.25) is 0 Å². The van der Waals surface area contributed by atoms with E-state index in [0.29, 0.717) is 5.82 Å². The molecule has 280 valence electrons. The van der Waals surface area contributed by atoms with Gasteiger partial charge in [0.15, 0.2) is 5.82 Å². The Kier molecular flexibility index (Phi) is 8.25. The zero-order valence-electron chi connectivity index (χ0n) is 32.3. The first kappa shape index (κ1) is 34.8. The summed E-state index contributed by atoms with van der Waals surface area (Å²) in [5.74, 6) is 0.703. The van der Waals surface area contributed by atoms with E-state index in [1.165, 1.54) is 62.6 Å². The zero-order chi connectivity index (χ0) is 39.6. The van der Waals surface area contributed by atoms with Gasteiger partial charge in [0.2, 0.25) is 0 Å². The van der Waals surface area contributed by atoms with Crippen molar-refractivity contribution < 1.29 is 0 Å². The van der Waals surface area contributed by atoms with E-state index in [1.807, 2.05) is 22.7 Å². The highest BCUT2D eigenvalue weighted by atomic mass is 32.1. The molecule has 3 aromatic heterocycles. The van der Waals surface area contributed by atoms with E-state index >= 15 is 0 Å². The molecule has 0 N–H and O–H groups in total. The van der Waals surface area contributed by atoms with Crippen molar-refractivity contribution in [2.45, 2.75) is 0 Å². The minimum atomic E-state index is 0.703. The van der Waals surface area contributed by atoms with Crippen LogP contribution in [0.2, 0.25) is 0 Å². The van der Waals surface area contributed by atoms with E-state index in [1.54, 1.807) is 0 Å². The molecule has 0 radical (unpaired) electrons. The second-order valence-corrected chi connectivity index (χ2v) is 17.3. The Balaban J connectivity index is 1.18. The van der Waals surface area contributed by atoms with Crippen LogP contribution in [0.4, 0.5) is 0 Å². The summed E-state index contributed by atoms with van der Waals surface area (Å²) in [4.78, 5) is 11.3. The van der Waals surface area contributed by atoms with Gasteiger partial charge in [0.25, 0.3) is 0 Å². The van der Waals surface area contributed by atoms with E-state index in [4.69, 9.17) is 9.97 Å². The average Bonchev–Trinajstić information content (AvgIpc) is 3.90. The predicted octanol–water partition coefficient (Wildman–Crippen LogP) is 16.4. The van der Waals surface area contributed by atoms with Crippen LogP contribution in [0.15, 0.2) is 206 Å². The number of thiophene rings is 2. The number of aromatic nitrogens is 2. The van der Waals surface area contributed by atoms with Crippen LogP contribution in [0.5, 0.6) is 0 Å². The number of fused-ring (bicyclic) bond motifs is 7. The highest BCUT2D eigenvalue weighted by molar-refractivity contribution is 7.26. The summed E-state index contributed by atoms with van der Waals surface area (Å²) in [7, 11) is 0. The van der Waals surface area contributed by atoms with Gasteiger partial charge in [-0.1, -0.05) is 182 Å². The van der Waals surface area contributed by atoms with Crippen LogP contribution in [0, 0.1) is 0 Å². The fourth-order valence-electron chi connectivity index (χ4n) is 8.93. The van der Waals surface area contributed by atoms with Crippen LogP contribution in [0.1, 0.15) is 0 Å². The van der Waals surface area contributed by atoms with Gasteiger partial charge in [-0.25, -0.2) is 9.97 Å². The maximum absolute atomic E-state index is 5.66. The van der Waals surface area contributed by atoms with E-state index in [0.717, 1.165) is 50.0 Å². The van der Waals surface area contributed by atoms with Gasteiger partial charge >= 0.3 is 0 Å². The third-order valence-electron chi connectivity index (χ3n) is 11.7. The Morgan fingerprint density at radius 3 is 1.45 bits per heavy atom. The van der Waals surface area contributed by atoms with Crippen molar-refractivity contribution in [2.75, 3.05) is 0 Å². The maximum Gasteiger partial charge on any atom is 0.161 e. The lowest BCUT2D eigenvalue weighted by Crippen LogP contribution is -1.99. The van der Waals surface area contributed by atoms with Crippen LogP contribution < -0.4 is 0 Å². The van der Waals surface area contributed by atoms with Gasteiger partial charge in [0.05, 0.1) is 11.4 Å². The van der Waals surface area contributed by atoms with Crippen LogP contribution in [0.25, 0.3) is 118 Å². The first-order valence-corrected chi connectivity index (χ1v) is 21.9. The third-order valence-corrected chi connectivity index (χ3v) is 14.2. The summed E-state index contributed by atoms with van der Waals surface area (Å²) in [6.07, 6.45) is 0. The van der Waals surface area contributed by atoms with Crippen molar-refractivity contribution >= 4 is 73.8 Å². The summed E-state index contributed by atoms with van der Waals surface area (Å²) in [5.41, 5.74) is 12.0. The van der Waals surface area contributed by atoms with Crippen molar-refractivity contribution in [3.8, 4) is 67.3 Å². The molecule has 0 aliphatic heterocycles. The van der Waals surface area contributed by atoms with Gasteiger partial charge < -0.3 is 0 Å². The monoisotopic (exact) mass is 798 g/mol. The SMILES string of the molecule is c1ccc(-c2ccc3c(-c4nc(-c5cccc6c5sc5ccccc56)cc(-c5cccc6c5sc5ccccc56)n4)c(-c4ccccc4-c4ccccc4)ccc3c2)cc1. The second kappa shape index (κ2) is 14.2. The molecular weight excluding hydrogens is 765 g/mol. The Morgan fingerprint density at radius 1 is 0.300 bits per heavy atom. The summed E-state index contributed by atoms with van der Waals surface area (Å²) in [5, 5.41) is 7.29. The lowest BCUT2D eigenvalue weighted by molar-refractivity contribution is 1.19. The summed E-state index contributed by atoms with van der Waals surface area (Å²) in [6, 6.07) is 74.4. The van der Waals surface area contributed by atoms with Gasteiger partial charge in [-0.15, -0.1) is 22.7 Å². The topological polar surface area (TPSA) is 25.8 Å². The Morgan fingerprint density at radius 2 is 0.817 bits per heavy atom. The van der Waals surface area contributed by atoms with Gasteiger partial charge in [-0.2, -0.15) is 0 Å². The van der Waals surface area contributed by atoms with Gasteiger partial charge in [-0.05, 0) is 68.4 Å². The molecule has 0 saturated heterocycles. The molecule has 0 aliphatic carbocycles. The summed E-state index contributed by atoms with van der Waals surface area (Å²) >= 11 is 3.67. The minimum Gasteiger partial charge on any atom is -0.228 e. The minimum absolute atomic E-state index is 0.703. The molecule has 0 amide bonds. The molecule has 0 saturated carbocycles. The van der Waals surface area contributed by atoms with Crippen molar-refractivity contribution in [3.63, 3.8) is 0 Å². The smallest absolute Gasteiger partial charge is 0.161 e. The van der Waals surface area contributed by atoms with Crippen molar-refractivity contribution in [3.05, 3.63) is 206 Å². The molecule has 0 spiro atoms. The molecule has 3 heterocycles. The van der Waals surface area contributed by atoms with Crippen LogP contribution in [-0.2, 0) is 0 Å². The fourth-order valence-corrected chi connectivity index (χ4v) is 11.4. The normalized spacial score (nSPS) is 11.7. The Labute approximate surface area is 355 Å². The van der Waals surface area contributed by atoms with Crippen LogP contribution >= 0.6 is 22.7 Å². The number of rotatable bonds is 6. The zero-order valence-corrected chi connectivity index (χ0v) is 34.0. The molecule has 0 bridgehead atoms. The fraction of sp³-hybridized carbons (Fsp3) is 0. The molecule has 60 heavy (non-hydrogen) atoms. The molecule has 9 aromatic carbocycles. The number of benzene rings is 9. The predicted molar refractivity (Wildman–Crippen MR) is 258 cm³/mol. The van der Waals surface area contributed by atoms with E-state index in [2.05, 4.69) is 206 Å². The maximum atomic E-state index is 5.66. The summed E-state index contributed by atoms with van der Waals surface area (Å²) < 4.78 is 5.00. The number of hydrogen-bond donors (Lipinski definition) is 0. The number of nitrogens with zero attached hydrogens (tertiary/aromatic N) is 2. The molecule has 0 atom stereocenters. The second-order valence-electron chi connectivity index (χ2n) is 15.2. The largest absolute Gasteiger partial charge is 0.228 e. The quantitative estimate of drug-likeness (QED) is 0.167. The molecule has 0 unspecified atom stereocenters. The lowest BCUT2D eigenvalue weighted by atomic mass is 9.88. The molecule has 2 nitrogen and oxygen atoms in total. The van der Waals surface area contributed by atoms with E-state index < -0.39 is 0 Å². The average molecular weight is 799 g/mol. The van der Waals surface area contributed by atoms with Crippen LogP contribution in [-0.4, -0.2) is 9.97 Å². The van der Waals surface area contributed by atoms with E-state index in [9.17, 15) is 0 Å². The van der Waals surface area contributed by atoms with Crippen molar-refractivity contribution in [2.24, 2.45) is 0 Å². The van der Waals surface area contributed by atoms with E-state index in [-0.39, 0.29) is 0 Å². The highest BCUT2D eigenvalue weighted by Gasteiger charge is 2.22. The summed E-state index contributed by atoms with van der Waals surface area (Å²) in [6.45, 7) is 0. The van der Waals surface area contributed by atoms with Crippen LogP contribution in [0.3, 0.4) is 0 Å². The van der Waals surface area contributed by atoms with Crippen molar-refractivity contribution in [1.29, 1.82) is 0 Å². The molecule has 4 heteroatoms. The van der Waals surface area contributed by atoms with Gasteiger partial charge in [0, 0.05) is 57.0 Å². The first-order valence-electron chi connectivity index (χ1n) is 20.2. The molecule has 0 fully saturated rings. The molecule has 12 rings (SSSR count). The standard InChI is InChI=1S/C56H34N2S2/c1-3-15-35(16-4-1)37-29-31-40-38(33-37)30-32-44(41-20-8-7-19-39(41)36-17-5-2-6-18-36)53(40)56-57-49(47-25-13-23-45-42-21-9-11-27-51(42)59-54(45)47)34-50(58-56)48-26-14-24-46-43-22-10-12-28-52(43)60-55(46)48/h1-34H. The van der Waals surface area contributed by atoms with Gasteiger partial charge in [0.1, 0.15) is 0 Å². The molecule has 12 aromatic rings. The van der Waals surface area contributed by atoms with Crippen molar-refractivity contribution in [1.82, 2.24) is 9.97 Å². The third kappa shape index (κ3) is 5.76. The number of hydrogen-bond acceptors (Lipinski definition) is 4. The first-order chi connectivity index (χ1) is 29.7. The Bertz CT molecular complexity index is 3470. The molecule has 0 aliphatic rings. The lowest BCUT2D eigenvalue weighted by Gasteiger charge is -2.18. The molecular formula is C56H34N2S2.